The zero-order chi connectivity index (χ0) is 46.6. The summed E-state index contributed by atoms with van der Waals surface area (Å²) in [6.07, 6.45) is -0.913. The molecule has 1 nitrogen and oxygen atoms in total. The molecule has 0 fully saturated rings. The number of hydrogen-bond donors (Lipinski definition) is 0. The summed E-state index contributed by atoms with van der Waals surface area (Å²) in [5.41, 5.74) is -4.63. The van der Waals surface area contributed by atoms with Gasteiger partial charge in [-0.3, -0.25) is 0 Å². The van der Waals surface area contributed by atoms with Crippen molar-refractivity contribution in [3.8, 4) is 33.4 Å². The van der Waals surface area contributed by atoms with Crippen molar-refractivity contribution < 1.29 is 37.3 Å². The average Bonchev–Trinajstić information content (AvgIpc) is 3.61. The van der Waals surface area contributed by atoms with E-state index in [1.54, 1.807) is 0 Å². The summed E-state index contributed by atoms with van der Waals surface area (Å²) < 4.78 is 218. The normalized spacial score (nSPS) is 20.2. The van der Waals surface area contributed by atoms with E-state index in [0.717, 1.165) is 0 Å². The molecule has 0 saturated carbocycles. The second-order valence-electron chi connectivity index (χ2n) is 8.28. The second-order valence-corrected chi connectivity index (χ2v) is 8.28. The van der Waals surface area contributed by atoms with Crippen molar-refractivity contribution >= 4 is 43.3 Å². The van der Waals surface area contributed by atoms with Crippen LogP contribution in [-0.2, 0) is 0 Å². The summed E-state index contributed by atoms with van der Waals surface area (Å²) in [7, 11) is 0. The van der Waals surface area contributed by atoms with Crippen LogP contribution in [0.5, 0.6) is 0 Å². The molecule has 0 N–H and O–H groups in total. The van der Waals surface area contributed by atoms with Gasteiger partial charge in [0.1, 0.15) is 6.95 Å². The first-order valence-electron chi connectivity index (χ1n) is 23.4. The van der Waals surface area contributed by atoms with Crippen molar-refractivity contribution in [3.63, 3.8) is 0 Å². The van der Waals surface area contributed by atoms with Gasteiger partial charge in [0, 0.05) is 16.5 Å². The third-order valence-corrected chi connectivity index (χ3v) is 6.28. The van der Waals surface area contributed by atoms with E-state index in [2.05, 4.69) is 0 Å². The summed E-state index contributed by atoms with van der Waals surface area (Å²) >= 11 is 0. The molecule has 8 rings (SSSR count). The van der Waals surface area contributed by atoms with Gasteiger partial charge in [-0.1, -0.05) is 133 Å². The maximum absolute atomic E-state index is 9.60. The highest BCUT2D eigenvalue weighted by molar-refractivity contribution is 6.25. The second kappa shape index (κ2) is 8.72. The van der Waals surface area contributed by atoms with Gasteiger partial charge >= 0.3 is 0 Å². The summed E-state index contributed by atoms with van der Waals surface area (Å²) in [4.78, 5) is 0. The highest BCUT2D eigenvalue weighted by Gasteiger charge is 2.20. The Morgan fingerprint density at radius 3 is 1.41 bits per heavy atom. The fraction of sp³-hybridized carbons (Fsp3) is 0. The van der Waals surface area contributed by atoms with Gasteiger partial charge < -0.3 is 4.42 Å². The Bertz CT molecular complexity index is 3390. The molecule has 39 heavy (non-hydrogen) atoms. The Morgan fingerprint density at radius 1 is 0.359 bits per heavy atom. The standard InChI is InChI=1S/C38H24O/c1-2-12-25(13-3-1)26-22-23-34(28-15-5-4-14-27(26)28)37-30-17-6-8-19-32(30)38(33-20-9-7-18-31(33)37)35-24-39-36-21-11-10-16-29(35)36/h1-24H/i1D,2D,3D,4D,5D,6D,7D,8D,9D,10D,11D,12D,13D,14D,15D,16D,17D,18D,19D,20D,21D,22D,23D,24D. The van der Waals surface area contributed by atoms with E-state index in [4.69, 9.17) is 27.7 Å². The fourth-order valence-corrected chi connectivity index (χ4v) is 4.70. The summed E-state index contributed by atoms with van der Waals surface area (Å²) in [5.74, 6) is 0. The monoisotopic (exact) mass is 520 g/mol. The van der Waals surface area contributed by atoms with Crippen LogP contribution in [0.3, 0.4) is 0 Å². The lowest BCUT2D eigenvalue weighted by Gasteiger charge is -2.19. The van der Waals surface area contributed by atoms with Gasteiger partial charge in [-0.05, 0) is 60.6 Å². The maximum Gasteiger partial charge on any atom is 0.134 e. The molecular weight excluding hydrogens is 472 g/mol. The van der Waals surface area contributed by atoms with Gasteiger partial charge in [0.2, 0.25) is 0 Å². The zero-order valence-corrected chi connectivity index (χ0v) is 19.4. The molecule has 0 radical (unpaired) electrons. The first kappa shape index (κ1) is 8.69. The quantitative estimate of drug-likeness (QED) is 0.211. The highest BCUT2D eigenvalue weighted by Crippen LogP contribution is 2.47. The van der Waals surface area contributed by atoms with Gasteiger partial charge in [-0.2, -0.15) is 0 Å². The first-order valence-corrected chi connectivity index (χ1v) is 11.4. The summed E-state index contributed by atoms with van der Waals surface area (Å²) in [5, 5.41) is -4.55. The third-order valence-electron chi connectivity index (χ3n) is 6.28. The molecule has 0 aliphatic carbocycles. The maximum atomic E-state index is 9.60. The lowest BCUT2D eigenvalue weighted by Crippen LogP contribution is -1.92. The van der Waals surface area contributed by atoms with Crippen molar-refractivity contribution in [2.24, 2.45) is 0 Å². The minimum absolute atomic E-state index is 0.502. The fourth-order valence-electron chi connectivity index (χ4n) is 4.70. The predicted molar refractivity (Wildman–Crippen MR) is 165 cm³/mol. The third kappa shape index (κ3) is 3.34. The first-order chi connectivity index (χ1) is 29.3. The van der Waals surface area contributed by atoms with Gasteiger partial charge in [0.15, 0.2) is 0 Å². The Balaban J connectivity index is 1.79. The SMILES string of the molecule is [2H]c1oc2c([2H])c([2H])c([2H])c([2H])c2c1-c1c2c([2H])c([2H])c([2H])c([2H])c2c(-c2c([2H])c([2H])c(-c3c([2H])c([2H])c([2H])c([2H])c3[2H])c3c([2H])c([2H])c([2H])c([2H])c23)c2c([2H])c([2H])c([2H])c([2H])c12. The summed E-state index contributed by atoms with van der Waals surface area (Å²) in [6.45, 7) is 0. The number of benzene rings is 7. The molecule has 0 saturated heterocycles. The van der Waals surface area contributed by atoms with E-state index in [1.165, 1.54) is 0 Å². The molecule has 0 unspecified atom stereocenters. The van der Waals surface area contributed by atoms with Crippen LogP contribution in [0.15, 0.2) is 150 Å². The van der Waals surface area contributed by atoms with Crippen molar-refractivity contribution in [2.45, 2.75) is 0 Å². The molecule has 0 amide bonds. The van der Waals surface area contributed by atoms with E-state index in [1.807, 2.05) is 0 Å². The number of para-hydroxylation sites is 1. The molecular formula is C38H24O. The Labute approximate surface area is 260 Å². The van der Waals surface area contributed by atoms with E-state index < -0.39 is 222 Å². The van der Waals surface area contributed by atoms with Crippen LogP contribution in [0.1, 0.15) is 32.9 Å². The van der Waals surface area contributed by atoms with Crippen LogP contribution in [0.4, 0.5) is 0 Å². The van der Waals surface area contributed by atoms with Gasteiger partial charge in [0.25, 0.3) is 0 Å². The molecule has 0 spiro atoms. The van der Waals surface area contributed by atoms with E-state index >= 15 is 0 Å². The van der Waals surface area contributed by atoms with E-state index in [0.29, 0.717) is 0 Å². The van der Waals surface area contributed by atoms with Crippen LogP contribution in [0.25, 0.3) is 76.7 Å². The van der Waals surface area contributed by atoms with Gasteiger partial charge in [0.05, 0.1) is 37.8 Å². The number of hydrogen-bond acceptors (Lipinski definition) is 1. The topological polar surface area (TPSA) is 13.1 Å². The largest absolute Gasteiger partial charge is 0.464 e. The number of rotatable bonds is 3. The predicted octanol–water partition coefficient (Wildman–Crippen LogP) is 10.9. The van der Waals surface area contributed by atoms with Crippen LogP contribution in [0, 0.1) is 0 Å². The molecule has 1 heterocycles. The zero-order valence-electron chi connectivity index (χ0n) is 43.4. The minimum Gasteiger partial charge on any atom is -0.464 e. The van der Waals surface area contributed by atoms with E-state index in [9.17, 15) is 9.60 Å². The van der Waals surface area contributed by atoms with Gasteiger partial charge in [-0.25, -0.2) is 0 Å². The van der Waals surface area contributed by atoms with Crippen LogP contribution >= 0.6 is 0 Å². The molecule has 1 aromatic heterocycles. The molecule has 0 atom stereocenters. The molecule has 8 aromatic rings. The Hall–Kier alpha value is -5.14. The smallest absolute Gasteiger partial charge is 0.134 e. The number of fused-ring (bicyclic) bond motifs is 4. The lowest BCUT2D eigenvalue weighted by molar-refractivity contribution is 0.617. The molecule has 182 valence electrons. The van der Waals surface area contributed by atoms with Crippen molar-refractivity contribution in [2.75, 3.05) is 0 Å². The molecule has 0 aliphatic rings. The van der Waals surface area contributed by atoms with E-state index in [-0.39, 0.29) is 0 Å². The minimum atomic E-state index is -1.03. The molecule has 1 heteroatoms. The number of furan rings is 1. The Kier molecular flexibility index (Phi) is 1.94. The summed E-state index contributed by atoms with van der Waals surface area (Å²) in [6, 6.07) is -20.9. The van der Waals surface area contributed by atoms with Crippen LogP contribution in [-0.4, -0.2) is 0 Å². The Morgan fingerprint density at radius 2 is 0.795 bits per heavy atom. The molecule has 7 aromatic carbocycles. The molecule has 0 aliphatic heterocycles. The van der Waals surface area contributed by atoms with Crippen LogP contribution < -0.4 is 0 Å². The van der Waals surface area contributed by atoms with Gasteiger partial charge in [-0.15, -0.1) is 0 Å². The van der Waals surface area contributed by atoms with Crippen molar-refractivity contribution in [3.05, 3.63) is 145 Å². The van der Waals surface area contributed by atoms with Crippen molar-refractivity contribution in [1.82, 2.24) is 0 Å². The molecule has 0 bridgehead atoms. The van der Waals surface area contributed by atoms with Crippen molar-refractivity contribution in [1.29, 1.82) is 0 Å². The average molecular weight is 521 g/mol. The highest BCUT2D eigenvalue weighted by atomic mass is 16.3. The lowest BCUT2D eigenvalue weighted by atomic mass is 9.84. The van der Waals surface area contributed by atoms with Crippen LogP contribution in [0.2, 0.25) is 0 Å².